The first-order valence-corrected chi connectivity index (χ1v) is 5.39. The van der Waals surface area contributed by atoms with E-state index in [2.05, 4.69) is 10.2 Å². The monoisotopic (exact) mass is 233 g/mol. The Labute approximate surface area is 93.5 Å². The second-order valence-electron chi connectivity index (χ2n) is 3.28. The lowest BCUT2D eigenvalue weighted by Crippen LogP contribution is -1.88. The van der Waals surface area contributed by atoms with Gasteiger partial charge in [0.2, 0.25) is 0 Å². The highest BCUT2D eigenvalue weighted by Gasteiger charge is 2.12. The molecule has 0 spiro atoms. The molecule has 3 aromatic rings. The minimum Gasteiger partial charge on any atom is -0.413 e. The molecule has 0 radical (unpaired) electrons. The second-order valence-corrected chi connectivity index (χ2v) is 4.26. The van der Waals surface area contributed by atoms with Crippen molar-refractivity contribution in [2.24, 2.45) is 0 Å². The molecule has 0 amide bonds. The lowest BCUT2D eigenvalue weighted by atomic mass is 10.1. The van der Waals surface area contributed by atoms with Crippen molar-refractivity contribution in [2.75, 3.05) is 5.73 Å². The van der Waals surface area contributed by atoms with Crippen LogP contribution >= 0.6 is 11.3 Å². The number of aromatic amines is 1. The highest BCUT2D eigenvalue weighted by molar-refractivity contribution is 7.16. The molecule has 0 atom stereocenters. The van der Waals surface area contributed by atoms with Gasteiger partial charge in [-0.25, -0.2) is 4.79 Å². The Morgan fingerprint density at radius 1 is 1.38 bits per heavy atom. The van der Waals surface area contributed by atoms with Crippen LogP contribution in [0.15, 0.2) is 33.6 Å². The van der Waals surface area contributed by atoms with Gasteiger partial charge in [0.25, 0.3) is 0 Å². The first-order chi connectivity index (χ1) is 7.75. The van der Waals surface area contributed by atoms with Crippen molar-refractivity contribution in [3.05, 3.63) is 34.1 Å². The molecule has 5 nitrogen and oxygen atoms in total. The molecule has 0 saturated carbocycles. The average Bonchev–Trinajstić information content (AvgIpc) is 2.82. The highest BCUT2D eigenvalue weighted by Crippen LogP contribution is 2.31. The number of H-pyrrole nitrogens is 1. The molecule has 0 saturated heterocycles. The molecule has 1 aromatic carbocycles. The number of para-hydroxylation sites is 1. The third-order valence-electron chi connectivity index (χ3n) is 2.32. The molecule has 0 fully saturated rings. The van der Waals surface area contributed by atoms with E-state index in [1.54, 1.807) is 6.20 Å². The maximum Gasteiger partial charge on any atom is 0.396 e. The van der Waals surface area contributed by atoms with Gasteiger partial charge < -0.3 is 10.2 Å². The summed E-state index contributed by atoms with van der Waals surface area (Å²) in [7, 11) is 0. The summed E-state index contributed by atoms with van der Waals surface area (Å²) in [6, 6.07) is 5.54. The van der Waals surface area contributed by atoms with Gasteiger partial charge in [0.15, 0.2) is 5.58 Å². The minimum atomic E-state index is -0.315. The van der Waals surface area contributed by atoms with Crippen LogP contribution in [0.5, 0.6) is 0 Å². The smallest absolute Gasteiger partial charge is 0.396 e. The lowest BCUT2D eigenvalue weighted by molar-refractivity contribution is 0.586. The maximum absolute atomic E-state index is 11.2. The molecule has 0 unspecified atom stereocenters. The van der Waals surface area contributed by atoms with E-state index in [-0.39, 0.29) is 4.94 Å². The maximum atomic E-state index is 11.2. The standard InChI is InChI=1S/C10H7N3O2S/c11-9-6(4-12-13-9)5-2-1-3-7-8(5)15-10(14)16-7/h1-4H,(H3,11,12,13). The molecule has 0 aliphatic heterocycles. The first kappa shape index (κ1) is 9.17. The van der Waals surface area contributed by atoms with E-state index in [9.17, 15) is 4.79 Å². The number of hydrogen-bond acceptors (Lipinski definition) is 5. The van der Waals surface area contributed by atoms with Crippen LogP contribution in [0.25, 0.3) is 21.4 Å². The zero-order valence-electron chi connectivity index (χ0n) is 8.06. The number of hydrogen-bond donors (Lipinski definition) is 2. The number of aromatic nitrogens is 2. The van der Waals surface area contributed by atoms with Gasteiger partial charge >= 0.3 is 4.94 Å². The summed E-state index contributed by atoms with van der Waals surface area (Å²) < 4.78 is 5.95. The van der Waals surface area contributed by atoms with Gasteiger partial charge in [-0.3, -0.25) is 5.10 Å². The number of nitrogens with one attached hydrogen (secondary N) is 1. The van der Waals surface area contributed by atoms with E-state index in [1.807, 2.05) is 18.2 Å². The van der Waals surface area contributed by atoms with Crippen LogP contribution in [0.2, 0.25) is 0 Å². The molecule has 6 heteroatoms. The van der Waals surface area contributed by atoms with E-state index in [0.717, 1.165) is 27.2 Å². The van der Waals surface area contributed by atoms with Crippen molar-refractivity contribution in [3.8, 4) is 11.1 Å². The van der Waals surface area contributed by atoms with Gasteiger partial charge in [-0.05, 0) is 6.07 Å². The van der Waals surface area contributed by atoms with E-state index < -0.39 is 0 Å². The summed E-state index contributed by atoms with van der Waals surface area (Å²) >= 11 is 1.08. The molecular formula is C10H7N3O2S. The molecule has 3 rings (SSSR count). The Kier molecular flexibility index (Phi) is 1.84. The number of anilines is 1. The normalized spacial score (nSPS) is 11.0. The van der Waals surface area contributed by atoms with Crippen molar-refractivity contribution >= 4 is 27.4 Å². The lowest BCUT2D eigenvalue weighted by Gasteiger charge is -1.98. The number of nitrogen functional groups attached to an aromatic ring is 1. The summed E-state index contributed by atoms with van der Waals surface area (Å²) in [5.41, 5.74) is 7.82. The van der Waals surface area contributed by atoms with Gasteiger partial charge in [-0.1, -0.05) is 23.5 Å². The Morgan fingerprint density at radius 3 is 3.00 bits per heavy atom. The van der Waals surface area contributed by atoms with Crippen LogP contribution < -0.4 is 10.7 Å². The largest absolute Gasteiger partial charge is 0.413 e. The third kappa shape index (κ3) is 1.24. The van der Waals surface area contributed by atoms with Gasteiger partial charge in [-0.2, -0.15) is 5.10 Å². The van der Waals surface area contributed by atoms with Crippen LogP contribution in [-0.2, 0) is 0 Å². The summed E-state index contributed by atoms with van der Waals surface area (Å²) in [5.74, 6) is 0.460. The Hall–Kier alpha value is -2.08. The third-order valence-corrected chi connectivity index (χ3v) is 3.11. The van der Waals surface area contributed by atoms with E-state index in [4.69, 9.17) is 10.2 Å². The molecule has 0 bridgehead atoms. The number of rotatable bonds is 1. The quantitative estimate of drug-likeness (QED) is 0.671. The van der Waals surface area contributed by atoms with E-state index in [1.165, 1.54) is 0 Å². The fourth-order valence-electron chi connectivity index (χ4n) is 1.62. The Balaban J connectivity index is 2.40. The Bertz CT molecular complexity index is 710. The van der Waals surface area contributed by atoms with Crippen LogP contribution in [0, 0.1) is 0 Å². The highest BCUT2D eigenvalue weighted by atomic mass is 32.1. The Morgan fingerprint density at radius 2 is 2.25 bits per heavy atom. The average molecular weight is 233 g/mol. The van der Waals surface area contributed by atoms with Crippen LogP contribution in [0.4, 0.5) is 5.82 Å². The minimum absolute atomic E-state index is 0.315. The number of fused-ring (bicyclic) bond motifs is 1. The fraction of sp³-hybridized carbons (Fsp3) is 0. The van der Waals surface area contributed by atoms with Crippen molar-refractivity contribution in [1.29, 1.82) is 0 Å². The topological polar surface area (TPSA) is 84.9 Å². The molecular weight excluding hydrogens is 226 g/mol. The molecule has 0 aliphatic carbocycles. The summed E-state index contributed by atoms with van der Waals surface area (Å²) in [6.45, 7) is 0. The summed E-state index contributed by atoms with van der Waals surface area (Å²) in [6.07, 6.45) is 1.61. The zero-order valence-corrected chi connectivity index (χ0v) is 8.88. The first-order valence-electron chi connectivity index (χ1n) is 4.57. The second kappa shape index (κ2) is 3.21. The van der Waals surface area contributed by atoms with Gasteiger partial charge in [0.05, 0.1) is 10.9 Å². The van der Waals surface area contributed by atoms with Gasteiger partial charge in [-0.15, -0.1) is 0 Å². The van der Waals surface area contributed by atoms with E-state index >= 15 is 0 Å². The van der Waals surface area contributed by atoms with Gasteiger partial charge in [0.1, 0.15) is 5.82 Å². The SMILES string of the molecule is Nc1[nH]ncc1-c1cccc2sc(=O)oc12. The van der Waals surface area contributed by atoms with Crippen LogP contribution in [0.3, 0.4) is 0 Å². The summed E-state index contributed by atoms with van der Waals surface area (Å²) in [5, 5.41) is 6.50. The van der Waals surface area contributed by atoms with Gasteiger partial charge in [0, 0.05) is 11.1 Å². The molecule has 2 aromatic heterocycles. The van der Waals surface area contributed by atoms with Crippen molar-refractivity contribution in [2.45, 2.75) is 0 Å². The fourth-order valence-corrected chi connectivity index (χ4v) is 2.31. The molecule has 0 aliphatic rings. The van der Waals surface area contributed by atoms with Crippen molar-refractivity contribution in [1.82, 2.24) is 10.2 Å². The van der Waals surface area contributed by atoms with Crippen molar-refractivity contribution in [3.63, 3.8) is 0 Å². The predicted molar refractivity (Wildman–Crippen MR) is 62.4 cm³/mol. The molecule has 80 valence electrons. The molecule has 2 heterocycles. The predicted octanol–water partition coefficient (Wildman–Crippen LogP) is 1.83. The molecule has 3 N–H and O–H groups in total. The zero-order chi connectivity index (χ0) is 11.1. The number of nitrogens with zero attached hydrogens (tertiary/aromatic N) is 1. The number of benzene rings is 1. The van der Waals surface area contributed by atoms with E-state index in [0.29, 0.717) is 11.4 Å². The summed E-state index contributed by atoms with van der Waals surface area (Å²) in [4.78, 5) is 10.9. The van der Waals surface area contributed by atoms with Crippen LogP contribution in [-0.4, -0.2) is 10.2 Å². The number of nitrogens with two attached hydrogens (primary N) is 1. The molecule has 16 heavy (non-hydrogen) atoms. The van der Waals surface area contributed by atoms with Crippen LogP contribution in [0.1, 0.15) is 0 Å². The van der Waals surface area contributed by atoms with Crippen molar-refractivity contribution < 1.29 is 4.42 Å².